The minimum atomic E-state index is -4.89. The normalized spacial score (nSPS) is 20.3. The van der Waals surface area contributed by atoms with Crippen LogP contribution < -0.4 is 15.8 Å². The van der Waals surface area contributed by atoms with E-state index in [0.29, 0.717) is 13.0 Å². The first-order chi connectivity index (χ1) is 16.0. The first-order valence-corrected chi connectivity index (χ1v) is 12.3. The summed E-state index contributed by atoms with van der Waals surface area (Å²) in [7, 11) is -4.14. The van der Waals surface area contributed by atoms with Crippen LogP contribution in [-0.2, 0) is 14.6 Å². The zero-order valence-electron chi connectivity index (χ0n) is 18.1. The van der Waals surface area contributed by atoms with Crippen molar-refractivity contribution in [1.82, 2.24) is 10.3 Å². The lowest BCUT2D eigenvalue weighted by atomic mass is 9.82. The number of aromatic nitrogens is 1. The standard InChI is InChI=1S/C22H24F3N3O5S/c23-22(24,25)33-15-4-6-16(7-5-15)34(30,31)17-10-18(26)19(27-12-17)20(29)28-14-11-21(32-13-14)8-2-1-3-9-21/h4-7,10,12,14H,1-3,8-9,11,13,26H2,(H,28,29). The number of anilines is 1. The number of carbonyl (C=O) groups excluding carboxylic acids is 1. The summed E-state index contributed by atoms with van der Waals surface area (Å²) in [6.07, 6.45) is 2.13. The van der Waals surface area contributed by atoms with E-state index in [-0.39, 0.29) is 32.8 Å². The van der Waals surface area contributed by atoms with Gasteiger partial charge in [0.1, 0.15) is 5.75 Å². The van der Waals surface area contributed by atoms with Crippen LogP contribution in [0.5, 0.6) is 5.75 Å². The maximum Gasteiger partial charge on any atom is 0.573 e. The molecule has 1 unspecified atom stereocenters. The van der Waals surface area contributed by atoms with Gasteiger partial charge < -0.3 is 20.5 Å². The maximum absolute atomic E-state index is 12.8. The molecule has 1 aliphatic carbocycles. The molecular weight excluding hydrogens is 475 g/mol. The van der Waals surface area contributed by atoms with Crippen LogP contribution in [0.1, 0.15) is 49.0 Å². The third-order valence-corrected chi connectivity index (χ3v) is 7.83. The van der Waals surface area contributed by atoms with Crippen molar-refractivity contribution in [2.45, 2.75) is 66.3 Å². The number of sulfone groups is 1. The second-order valence-electron chi connectivity index (χ2n) is 8.56. The number of nitrogen functional groups attached to an aromatic ring is 1. The van der Waals surface area contributed by atoms with E-state index in [4.69, 9.17) is 10.5 Å². The zero-order chi connectivity index (χ0) is 24.6. The van der Waals surface area contributed by atoms with Gasteiger partial charge in [-0.2, -0.15) is 0 Å². The Bertz CT molecular complexity index is 1160. The van der Waals surface area contributed by atoms with E-state index in [9.17, 15) is 26.4 Å². The third kappa shape index (κ3) is 5.27. The van der Waals surface area contributed by atoms with Crippen molar-refractivity contribution in [3.63, 3.8) is 0 Å². The number of carbonyl (C=O) groups is 1. The summed E-state index contributed by atoms with van der Waals surface area (Å²) < 4.78 is 72.3. The van der Waals surface area contributed by atoms with Crippen molar-refractivity contribution in [3.8, 4) is 5.75 Å². The van der Waals surface area contributed by atoms with E-state index >= 15 is 0 Å². The number of hydrogen-bond acceptors (Lipinski definition) is 7. The fourth-order valence-corrected chi connectivity index (χ4v) is 5.73. The number of hydrogen-bond donors (Lipinski definition) is 2. The lowest BCUT2D eigenvalue weighted by molar-refractivity contribution is -0.274. The van der Waals surface area contributed by atoms with Crippen molar-refractivity contribution in [1.29, 1.82) is 0 Å². The van der Waals surface area contributed by atoms with Gasteiger partial charge in [0.15, 0.2) is 5.69 Å². The summed E-state index contributed by atoms with van der Waals surface area (Å²) in [5.74, 6) is -1.08. The second-order valence-corrected chi connectivity index (χ2v) is 10.5. The maximum atomic E-state index is 12.8. The Balaban J connectivity index is 1.45. The Kier molecular flexibility index (Phi) is 6.47. The molecule has 2 aliphatic rings. The number of rotatable bonds is 5. The molecule has 2 fully saturated rings. The summed E-state index contributed by atoms with van der Waals surface area (Å²) in [5.41, 5.74) is 5.50. The molecule has 1 spiro atoms. The van der Waals surface area contributed by atoms with Crippen LogP contribution >= 0.6 is 0 Å². The average Bonchev–Trinajstić information content (AvgIpc) is 3.14. The number of alkyl halides is 3. The minimum Gasteiger partial charge on any atom is -0.406 e. The highest BCUT2D eigenvalue weighted by atomic mass is 32.2. The molecule has 1 aromatic carbocycles. The lowest BCUT2D eigenvalue weighted by Gasteiger charge is -2.32. The molecule has 1 aromatic heterocycles. The van der Waals surface area contributed by atoms with Crippen LogP contribution in [0.25, 0.3) is 0 Å². The number of pyridine rings is 1. The number of benzene rings is 1. The molecule has 0 radical (unpaired) electrons. The number of amides is 1. The number of ether oxygens (including phenoxy) is 2. The van der Waals surface area contributed by atoms with E-state index < -0.39 is 27.9 Å². The minimum absolute atomic E-state index is 0.113. The molecule has 1 amide bonds. The van der Waals surface area contributed by atoms with Crippen molar-refractivity contribution in [2.75, 3.05) is 12.3 Å². The molecule has 184 valence electrons. The van der Waals surface area contributed by atoms with Crippen molar-refractivity contribution in [3.05, 3.63) is 42.2 Å². The van der Waals surface area contributed by atoms with E-state index in [1.807, 2.05) is 0 Å². The highest BCUT2D eigenvalue weighted by molar-refractivity contribution is 7.91. The highest BCUT2D eigenvalue weighted by Crippen LogP contribution is 2.39. The Morgan fingerprint density at radius 2 is 1.82 bits per heavy atom. The Morgan fingerprint density at radius 3 is 2.44 bits per heavy atom. The average molecular weight is 500 g/mol. The quantitative estimate of drug-likeness (QED) is 0.645. The van der Waals surface area contributed by atoms with Crippen LogP contribution in [0, 0.1) is 0 Å². The molecule has 12 heteroatoms. The van der Waals surface area contributed by atoms with Gasteiger partial charge in [0.2, 0.25) is 9.84 Å². The predicted octanol–water partition coefficient (Wildman–Crippen LogP) is 3.62. The number of nitrogens with zero attached hydrogens (tertiary/aromatic N) is 1. The zero-order valence-corrected chi connectivity index (χ0v) is 18.9. The van der Waals surface area contributed by atoms with E-state index in [1.165, 1.54) is 6.42 Å². The summed E-state index contributed by atoms with van der Waals surface area (Å²) in [5, 5.41) is 2.86. The molecule has 3 N–H and O–H groups in total. The Hall–Kier alpha value is -2.86. The van der Waals surface area contributed by atoms with Gasteiger partial charge in [0, 0.05) is 6.20 Å². The molecule has 2 aromatic rings. The number of nitrogens with two attached hydrogens (primary N) is 1. The molecule has 1 atom stereocenters. The fourth-order valence-electron chi connectivity index (χ4n) is 4.49. The predicted molar refractivity (Wildman–Crippen MR) is 115 cm³/mol. The summed E-state index contributed by atoms with van der Waals surface area (Å²) in [6.45, 7) is 0.395. The first kappa shape index (κ1) is 24.3. The summed E-state index contributed by atoms with van der Waals surface area (Å²) in [4.78, 5) is 16.1. The topological polar surface area (TPSA) is 121 Å². The molecule has 34 heavy (non-hydrogen) atoms. The largest absolute Gasteiger partial charge is 0.573 e. The van der Waals surface area contributed by atoms with E-state index in [1.54, 1.807) is 0 Å². The molecule has 0 bridgehead atoms. The molecule has 4 rings (SSSR count). The first-order valence-electron chi connectivity index (χ1n) is 10.8. The van der Waals surface area contributed by atoms with Gasteiger partial charge in [-0.15, -0.1) is 13.2 Å². The molecule has 1 aliphatic heterocycles. The van der Waals surface area contributed by atoms with Crippen LogP contribution in [-0.4, -0.2) is 43.9 Å². The van der Waals surface area contributed by atoms with Gasteiger partial charge in [-0.3, -0.25) is 4.79 Å². The lowest BCUT2D eigenvalue weighted by Crippen LogP contribution is -2.38. The van der Waals surface area contributed by atoms with Crippen molar-refractivity contribution in [2.24, 2.45) is 0 Å². The SMILES string of the molecule is Nc1cc(S(=O)(=O)c2ccc(OC(F)(F)F)cc2)cnc1C(=O)NC1COC2(CCCCC2)C1. The number of nitrogens with one attached hydrogen (secondary N) is 1. The third-order valence-electron chi connectivity index (χ3n) is 6.09. The van der Waals surface area contributed by atoms with Crippen molar-refractivity contribution >= 4 is 21.4 Å². The molecule has 2 heterocycles. The monoisotopic (exact) mass is 499 g/mol. The van der Waals surface area contributed by atoms with Gasteiger partial charge in [-0.1, -0.05) is 19.3 Å². The van der Waals surface area contributed by atoms with Crippen LogP contribution in [0.15, 0.2) is 46.3 Å². The van der Waals surface area contributed by atoms with Crippen molar-refractivity contribution < 1.29 is 35.9 Å². The number of halogens is 3. The van der Waals surface area contributed by atoms with Gasteiger partial charge in [0.05, 0.1) is 33.7 Å². The van der Waals surface area contributed by atoms with Crippen LogP contribution in [0.4, 0.5) is 18.9 Å². The van der Waals surface area contributed by atoms with Gasteiger partial charge in [-0.05, 0) is 49.6 Å². The van der Waals surface area contributed by atoms with Gasteiger partial charge in [0.25, 0.3) is 5.91 Å². The molecule has 1 saturated carbocycles. The van der Waals surface area contributed by atoms with Crippen LogP contribution in [0.2, 0.25) is 0 Å². The summed E-state index contributed by atoms with van der Waals surface area (Å²) >= 11 is 0. The smallest absolute Gasteiger partial charge is 0.406 e. The van der Waals surface area contributed by atoms with Gasteiger partial charge in [-0.25, -0.2) is 13.4 Å². The van der Waals surface area contributed by atoms with E-state index in [2.05, 4.69) is 15.0 Å². The molecule has 8 nitrogen and oxygen atoms in total. The molecule has 1 saturated heterocycles. The fraction of sp³-hybridized carbons (Fsp3) is 0.455. The Labute approximate surface area is 194 Å². The molecular formula is C22H24F3N3O5S. The summed E-state index contributed by atoms with van der Waals surface area (Å²) in [6, 6.07) is 4.66. The Morgan fingerprint density at radius 1 is 1.15 bits per heavy atom. The highest BCUT2D eigenvalue weighted by Gasteiger charge is 2.41. The van der Waals surface area contributed by atoms with Crippen LogP contribution in [0.3, 0.4) is 0 Å². The van der Waals surface area contributed by atoms with E-state index in [0.717, 1.165) is 62.2 Å². The second kappa shape index (κ2) is 9.06. The van der Waals surface area contributed by atoms with Gasteiger partial charge >= 0.3 is 6.36 Å².